The second-order valence-corrected chi connectivity index (χ2v) is 13.1. The maximum atomic E-state index is 13.8. The van der Waals surface area contributed by atoms with E-state index < -0.39 is 0 Å². The third-order valence-electron chi connectivity index (χ3n) is 10.3. The van der Waals surface area contributed by atoms with Crippen molar-refractivity contribution < 1.29 is 19.1 Å². The highest BCUT2D eigenvalue weighted by molar-refractivity contribution is 6.00. The minimum absolute atomic E-state index is 0.0000552. The SMILES string of the molecule is COc1cc(C(=O)N2[C@H]3CC[C@@H]2[C@H](N)C3)cc2nc(-c3cc4ccc5nc4n3C[C@H]3C[C@@H]3COCCC(=O)N[C@@H]5C)n(C)c12. The fraction of sp³-hybridized carbons (Fsp3) is 0.515. The summed E-state index contributed by atoms with van der Waals surface area (Å²) in [4.78, 5) is 38.5. The fourth-order valence-electron chi connectivity index (χ4n) is 7.83. The van der Waals surface area contributed by atoms with Crippen LogP contribution in [0.1, 0.15) is 61.1 Å². The molecule has 6 heterocycles. The summed E-state index contributed by atoms with van der Waals surface area (Å²) in [6.07, 6.45) is 4.26. The van der Waals surface area contributed by atoms with E-state index in [-0.39, 0.29) is 36.0 Å². The topological polar surface area (TPSA) is 130 Å². The van der Waals surface area contributed by atoms with Crippen molar-refractivity contribution in [2.45, 2.75) is 69.7 Å². The van der Waals surface area contributed by atoms with Gasteiger partial charge in [0.25, 0.3) is 5.91 Å². The molecule has 1 saturated carbocycles. The first-order valence-electron chi connectivity index (χ1n) is 15.8. The van der Waals surface area contributed by atoms with E-state index in [1.807, 2.05) is 37.1 Å². The number of nitrogens with one attached hydrogen (secondary N) is 1. The summed E-state index contributed by atoms with van der Waals surface area (Å²) in [5.41, 5.74) is 11.1. The number of imidazole rings is 1. The number of aromatic nitrogens is 4. The summed E-state index contributed by atoms with van der Waals surface area (Å²) in [5.74, 6) is 2.27. The van der Waals surface area contributed by atoms with Crippen LogP contribution in [0, 0.1) is 11.8 Å². The molecule has 0 spiro atoms. The smallest absolute Gasteiger partial charge is 0.254 e. The Balaban J connectivity index is 1.23. The number of hydrogen-bond donors (Lipinski definition) is 2. The maximum absolute atomic E-state index is 13.8. The van der Waals surface area contributed by atoms with Gasteiger partial charge in [0.15, 0.2) is 5.82 Å². The van der Waals surface area contributed by atoms with Gasteiger partial charge in [-0.05, 0) is 74.8 Å². The van der Waals surface area contributed by atoms with E-state index in [2.05, 4.69) is 26.6 Å². The molecule has 3 aromatic heterocycles. The van der Waals surface area contributed by atoms with Gasteiger partial charge < -0.3 is 34.6 Å². The predicted octanol–water partition coefficient (Wildman–Crippen LogP) is 3.54. The predicted molar refractivity (Wildman–Crippen MR) is 165 cm³/mol. The van der Waals surface area contributed by atoms with Gasteiger partial charge in [-0.15, -0.1) is 0 Å². The molecule has 8 rings (SSSR count). The Kier molecular flexibility index (Phi) is 6.46. The van der Waals surface area contributed by atoms with E-state index in [1.165, 1.54) is 0 Å². The number of benzene rings is 1. The Bertz CT molecular complexity index is 1810. The van der Waals surface area contributed by atoms with Crippen LogP contribution in [0.25, 0.3) is 33.6 Å². The molecule has 0 unspecified atom stereocenters. The van der Waals surface area contributed by atoms with Gasteiger partial charge in [0.2, 0.25) is 5.91 Å². The van der Waals surface area contributed by atoms with E-state index in [0.717, 1.165) is 66.0 Å². The zero-order valence-electron chi connectivity index (χ0n) is 25.5. The lowest BCUT2D eigenvalue weighted by molar-refractivity contribution is -0.122. The van der Waals surface area contributed by atoms with Gasteiger partial charge in [0.05, 0.1) is 36.7 Å². The molecule has 3 fully saturated rings. The Morgan fingerprint density at radius 1 is 1.14 bits per heavy atom. The second kappa shape index (κ2) is 10.3. The van der Waals surface area contributed by atoms with E-state index >= 15 is 0 Å². The molecule has 1 aromatic carbocycles. The van der Waals surface area contributed by atoms with E-state index in [0.29, 0.717) is 48.3 Å². The number of carbonyl (C=O) groups excluding carboxylic acids is 2. The molecule has 3 aliphatic heterocycles. The lowest BCUT2D eigenvalue weighted by Gasteiger charge is -2.23. The van der Waals surface area contributed by atoms with Gasteiger partial charge in [-0.2, -0.15) is 0 Å². The molecule has 44 heavy (non-hydrogen) atoms. The normalized spacial score (nSPS) is 28.4. The van der Waals surface area contributed by atoms with Crippen molar-refractivity contribution in [3.63, 3.8) is 0 Å². The Labute approximate surface area is 255 Å². The largest absolute Gasteiger partial charge is 0.494 e. The van der Waals surface area contributed by atoms with E-state index in [1.54, 1.807) is 7.11 Å². The first kappa shape index (κ1) is 27.6. The summed E-state index contributed by atoms with van der Waals surface area (Å²) >= 11 is 0. The van der Waals surface area contributed by atoms with Crippen LogP contribution in [-0.4, -0.2) is 74.3 Å². The summed E-state index contributed by atoms with van der Waals surface area (Å²) in [5, 5.41) is 4.07. The molecule has 230 valence electrons. The third-order valence-corrected chi connectivity index (χ3v) is 10.3. The molecule has 11 nitrogen and oxygen atoms in total. The fourth-order valence-corrected chi connectivity index (χ4v) is 7.83. The van der Waals surface area contributed by atoms with Crippen molar-refractivity contribution in [3.8, 4) is 17.3 Å². The van der Waals surface area contributed by atoms with Crippen molar-refractivity contribution in [1.82, 2.24) is 29.3 Å². The van der Waals surface area contributed by atoms with E-state index in [4.69, 9.17) is 25.2 Å². The van der Waals surface area contributed by atoms with Gasteiger partial charge in [-0.1, -0.05) is 0 Å². The first-order chi connectivity index (χ1) is 21.3. The number of hydrogen-bond acceptors (Lipinski definition) is 7. The number of fused-ring (bicyclic) bond motifs is 5. The Hall–Kier alpha value is -3.96. The van der Waals surface area contributed by atoms with Crippen molar-refractivity contribution in [2.24, 2.45) is 24.6 Å². The van der Waals surface area contributed by atoms with Crippen LogP contribution in [0.2, 0.25) is 0 Å². The van der Waals surface area contributed by atoms with Crippen LogP contribution in [0.3, 0.4) is 0 Å². The van der Waals surface area contributed by atoms with Gasteiger partial charge in [0.1, 0.15) is 16.9 Å². The quantitative estimate of drug-likeness (QED) is 0.370. The number of carbonyl (C=O) groups is 2. The molecule has 11 heteroatoms. The van der Waals surface area contributed by atoms with Gasteiger partial charge in [-0.25, -0.2) is 9.97 Å². The van der Waals surface area contributed by atoms with Gasteiger partial charge >= 0.3 is 0 Å². The number of ether oxygens (including phenoxy) is 2. The zero-order chi connectivity index (χ0) is 30.3. The molecule has 1 aliphatic carbocycles. The number of rotatable bonds is 3. The molecular weight excluding hydrogens is 558 g/mol. The number of nitrogens with zero attached hydrogens (tertiary/aromatic N) is 5. The molecule has 4 aliphatic rings. The number of nitrogens with two attached hydrogens (primary N) is 1. The number of methoxy groups -OCH3 is 1. The molecule has 0 radical (unpaired) electrons. The van der Waals surface area contributed by atoms with Crippen LogP contribution in [-0.2, 0) is 23.1 Å². The van der Waals surface area contributed by atoms with Crippen molar-refractivity contribution >= 4 is 33.9 Å². The zero-order valence-corrected chi connectivity index (χ0v) is 25.5. The lowest BCUT2D eigenvalue weighted by atomic mass is 9.97. The lowest BCUT2D eigenvalue weighted by Crippen LogP contribution is -2.40. The highest BCUT2D eigenvalue weighted by atomic mass is 16.5. The summed E-state index contributed by atoms with van der Waals surface area (Å²) in [6.45, 7) is 3.84. The number of pyridine rings is 1. The minimum atomic E-state index is -0.230. The number of amides is 2. The second-order valence-electron chi connectivity index (χ2n) is 13.1. The molecule has 4 bridgehead atoms. The maximum Gasteiger partial charge on any atom is 0.254 e. The third kappa shape index (κ3) is 4.39. The van der Waals surface area contributed by atoms with Crippen molar-refractivity contribution in [3.05, 3.63) is 41.6 Å². The van der Waals surface area contributed by atoms with Crippen molar-refractivity contribution in [1.29, 1.82) is 0 Å². The van der Waals surface area contributed by atoms with Crippen LogP contribution >= 0.6 is 0 Å². The summed E-state index contributed by atoms with van der Waals surface area (Å²) < 4.78 is 16.1. The summed E-state index contributed by atoms with van der Waals surface area (Å²) in [6, 6.07) is 10.1. The molecule has 2 saturated heterocycles. The van der Waals surface area contributed by atoms with Crippen LogP contribution in [0.5, 0.6) is 5.75 Å². The van der Waals surface area contributed by atoms with E-state index in [9.17, 15) is 9.59 Å². The van der Waals surface area contributed by atoms with Crippen LogP contribution in [0.15, 0.2) is 30.3 Å². The minimum Gasteiger partial charge on any atom is -0.494 e. The van der Waals surface area contributed by atoms with Gasteiger partial charge in [-0.3, -0.25) is 9.59 Å². The highest BCUT2D eigenvalue weighted by Crippen LogP contribution is 2.43. The molecule has 6 atom stereocenters. The average molecular weight is 598 g/mol. The monoisotopic (exact) mass is 597 g/mol. The molecule has 2 amide bonds. The number of aryl methyl sites for hydroxylation is 1. The van der Waals surface area contributed by atoms with Crippen LogP contribution < -0.4 is 15.8 Å². The average Bonchev–Trinajstić information content (AvgIpc) is 3.27. The highest BCUT2D eigenvalue weighted by Gasteiger charge is 2.47. The molecule has 3 N–H and O–H groups in total. The molecule has 4 aromatic rings. The summed E-state index contributed by atoms with van der Waals surface area (Å²) in [7, 11) is 3.63. The standard InChI is InChI=1S/C33H39N7O4/c1-17-24-6-4-18-12-27(39(31(18)36-24)15-20-10-21(20)16-44-9-8-29(41)35-17)32-37-25-11-19(13-28(43-3)30(25)38(32)2)33(42)40-22-5-7-26(40)23(34)14-22/h4,6,11-13,17,20-23,26H,5,7-10,14-16,34H2,1-3H3,(H,35,41)/t17-,20-,21-,22+,23-,26-/m1/s1. The first-order valence-corrected chi connectivity index (χ1v) is 15.8. The van der Waals surface area contributed by atoms with Crippen LogP contribution in [0.4, 0.5) is 0 Å². The van der Waals surface area contributed by atoms with Crippen molar-refractivity contribution in [2.75, 3.05) is 20.3 Å². The Morgan fingerprint density at radius 3 is 2.77 bits per heavy atom. The molecular formula is C33H39N7O4. The Morgan fingerprint density at radius 2 is 2.00 bits per heavy atom. The van der Waals surface area contributed by atoms with Gasteiger partial charge in [0, 0.05) is 55.7 Å².